The summed E-state index contributed by atoms with van der Waals surface area (Å²) >= 11 is 1.30. The monoisotopic (exact) mass is 186 g/mol. The van der Waals surface area contributed by atoms with E-state index >= 15 is 0 Å². The minimum atomic E-state index is -0.0604. The molecule has 0 unspecified atom stereocenters. The lowest BCUT2D eigenvalue weighted by Gasteiger charge is -1.94. The van der Waals surface area contributed by atoms with E-state index in [1.807, 2.05) is 0 Å². The highest BCUT2D eigenvalue weighted by Crippen LogP contribution is 2.14. The number of anilines is 1. The third kappa shape index (κ3) is 2.24. The highest BCUT2D eigenvalue weighted by Gasteiger charge is 2.04. The lowest BCUT2D eigenvalue weighted by atomic mass is 10.5. The van der Waals surface area contributed by atoms with Crippen LogP contribution in [-0.2, 0) is 11.3 Å². The number of carbonyl (C=O) groups is 1. The highest BCUT2D eigenvalue weighted by atomic mass is 32.1. The smallest absolute Gasteiger partial charge is 0.225 e. The Hall–Kier alpha value is -1.01. The number of aromatic nitrogens is 2. The van der Waals surface area contributed by atoms with Gasteiger partial charge in [0.2, 0.25) is 11.0 Å². The molecule has 66 valence electrons. The highest BCUT2D eigenvalue weighted by molar-refractivity contribution is 7.15. The van der Waals surface area contributed by atoms with E-state index in [2.05, 4.69) is 15.5 Å². The molecule has 0 spiro atoms. The SMILES string of the molecule is CCC(=O)Nc1nnc(CN)s1. The van der Waals surface area contributed by atoms with Gasteiger partial charge in [-0.25, -0.2) is 0 Å². The van der Waals surface area contributed by atoms with Gasteiger partial charge < -0.3 is 11.1 Å². The molecule has 0 aromatic carbocycles. The summed E-state index contributed by atoms with van der Waals surface area (Å²) in [7, 11) is 0. The van der Waals surface area contributed by atoms with Crippen LogP contribution in [0.5, 0.6) is 0 Å². The lowest BCUT2D eigenvalue weighted by Crippen LogP contribution is -2.08. The Morgan fingerprint density at radius 3 is 2.92 bits per heavy atom. The quantitative estimate of drug-likeness (QED) is 0.713. The average Bonchev–Trinajstić information content (AvgIpc) is 2.52. The summed E-state index contributed by atoms with van der Waals surface area (Å²) in [5.41, 5.74) is 5.32. The molecule has 0 radical (unpaired) electrons. The van der Waals surface area contributed by atoms with Crippen molar-refractivity contribution in [2.45, 2.75) is 19.9 Å². The van der Waals surface area contributed by atoms with E-state index in [0.29, 0.717) is 18.1 Å². The first kappa shape index (κ1) is 9.08. The molecule has 1 heterocycles. The van der Waals surface area contributed by atoms with Gasteiger partial charge >= 0.3 is 0 Å². The fourth-order valence-corrected chi connectivity index (χ4v) is 1.23. The Balaban J connectivity index is 2.58. The van der Waals surface area contributed by atoms with Crippen molar-refractivity contribution in [3.8, 4) is 0 Å². The van der Waals surface area contributed by atoms with Crippen LogP contribution in [0.1, 0.15) is 18.4 Å². The Bertz CT molecular complexity index is 272. The van der Waals surface area contributed by atoms with E-state index in [0.717, 1.165) is 5.01 Å². The summed E-state index contributed by atoms with van der Waals surface area (Å²) in [6.07, 6.45) is 0.442. The van der Waals surface area contributed by atoms with Gasteiger partial charge in [-0.15, -0.1) is 10.2 Å². The van der Waals surface area contributed by atoms with Crippen LogP contribution in [0.15, 0.2) is 0 Å². The molecular formula is C6H10N4OS. The summed E-state index contributed by atoms with van der Waals surface area (Å²) in [4.78, 5) is 10.9. The van der Waals surface area contributed by atoms with Crippen molar-refractivity contribution in [3.63, 3.8) is 0 Å². The molecule has 1 rings (SSSR count). The van der Waals surface area contributed by atoms with Crippen molar-refractivity contribution in [1.82, 2.24) is 10.2 Å². The number of rotatable bonds is 3. The van der Waals surface area contributed by atoms with Gasteiger partial charge in [0, 0.05) is 13.0 Å². The van der Waals surface area contributed by atoms with Gasteiger partial charge in [0.25, 0.3) is 0 Å². The molecule has 1 aromatic heterocycles. The van der Waals surface area contributed by atoms with Crippen molar-refractivity contribution >= 4 is 22.4 Å². The predicted octanol–water partition coefficient (Wildman–Crippen LogP) is 0.345. The molecule has 1 amide bonds. The molecule has 0 aliphatic rings. The van der Waals surface area contributed by atoms with Crippen LogP contribution < -0.4 is 11.1 Å². The van der Waals surface area contributed by atoms with E-state index in [1.54, 1.807) is 6.92 Å². The summed E-state index contributed by atoms with van der Waals surface area (Å²) in [6.45, 7) is 2.14. The normalized spacial score (nSPS) is 9.83. The molecule has 6 heteroatoms. The summed E-state index contributed by atoms with van der Waals surface area (Å²) in [6, 6.07) is 0. The molecule has 3 N–H and O–H groups in total. The fraction of sp³-hybridized carbons (Fsp3) is 0.500. The molecule has 1 aromatic rings. The second kappa shape index (κ2) is 4.13. The van der Waals surface area contributed by atoms with Gasteiger partial charge in [0.05, 0.1) is 0 Å². The second-order valence-corrected chi connectivity index (χ2v) is 3.17. The third-order valence-electron chi connectivity index (χ3n) is 1.21. The number of hydrogen-bond acceptors (Lipinski definition) is 5. The first-order valence-corrected chi connectivity index (χ1v) is 4.40. The number of carbonyl (C=O) groups excluding carboxylic acids is 1. The molecule has 0 bridgehead atoms. The maximum atomic E-state index is 10.9. The fourth-order valence-electron chi connectivity index (χ4n) is 0.594. The molecule has 12 heavy (non-hydrogen) atoms. The zero-order valence-electron chi connectivity index (χ0n) is 6.70. The average molecular weight is 186 g/mol. The van der Waals surface area contributed by atoms with Gasteiger partial charge in [0.15, 0.2) is 0 Å². The number of nitrogens with two attached hydrogens (primary N) is 1. The summed E-state index contributed by atoms with van der Waals surface area (Å²) in [5.74, 6) is -0.0604. The number of amides is 1. The maximum absolute atomic E-state index is 10.9. The molecule has 0 saturated heterocycles. The summed E-state index contributed by atoms with van der Waals surface area (Å²) in [5, 5.41) is 11.3. The zero-order chi connectivity index (χ0) is 8.97. The summed E-state index contributed by atoms with van der Waals surface area (Å²) < 4.78 is 0. The van der Waals surface area contributed by atoms with Crippen LogP contribution in [0.25, 0.3) is 0 Å². The van der Waals surface area contributed by atoms with Crippen LogP contribution >= 0.6 is 11.3 Å². The molecule has 0 aliphatic carbocycles. The van der Waals surface area contributed by atoms with Crippen LogP contribution in [-0.4, -0.2) is 16.1 Å². The van der Waals surface area contributed by atoms with Gasteiger partial charge in [-0.05, 0) is 0 Å². The van der Waals surface area contributed by atoms with Crippen LogP contribution in [0.4, 0.5) is 5.13 Å². The number of nitrogens with one attached hydrogen (secondary N) is 1. The second-order valence-electron chi connectivity index (χ2n) is 2.11. The van der Waals surface area contributed by atoms with E-state index < -0.39 is 0 Å². The molecular weight excluding hydrogens is 176 g/mol. The van der Waals surface area contributed by atoms with Crippen molar-refractivity contribution < 1.29 is 4.79 Å². The van der Waals surface area contributed by atoms with E-state index in [9.17, 15) is 4.79 Å². The zero-order valence-corrected chi connectivity index (χ0v) is 7.52. The van der Waals surface area contributed by atoms with Crippen LogP contribution in [0.2, 0.25) is 0 Å². The van der Waals surface area contributed by atoms with Gasteiger partial charge in [-0.1, -0.05) is 18.3 Å². The number of hydrogen-bond donors (Lipinski definition) is 2. The van der Waals surface area contributed by atoms with Crippen molar-refractivity contribution in [3.05, 3.63) is 5.01 Å². The number of nitrogens with zero attached hydrogens (tertiary/aromatic N) is 2. The van der Waals surface area contributed by atoms with Gasteiger partial charge in [-0.3, -0.25) is 4.79 Å². The molecule has 0 saturated carbocycles. The van der Waals surface area contributed by atoms with Crippen molar-refractivity contribution in [2.75, 3.05) is 5.32 Å². The van der Waals surface area contributed by atoms with Crippen LogP contribution in [0, 0.1) is 0 Å². The van der Waals surface area contributed by atoms with Crippen LogP contribution in [0.3, 0.4) is 0 Å². The Morgan fingerprint density at radius 2 is 2.42 bits per heavy atom. The van der Waals surface area contributed by atoms with Gasteiger partial charge in [-0.2, -0.15) is 0 Å². The Morgan fingerprint density at radius 1 is 1.67 bits per heavy atom. The van der Waals surface area contributed by atoms with Crippen molar-refractivity contribution in [1.29, 1.82) is 0 Å². The largest absolute Gasteiger partial charge is 0.324 e. The molecule has 5 nitrogen and oxygen atoms in total. The molecule has 0 atom stereocenters. The van der Waals surface area contributed by atoms with E-state index in [4.69, 9.17) is 5.73 Å². The minimum absolute atomic E-state index is 0.0604. The Kier molecular flexibility index (Phi) is 3.12. The first-order chi connectivity index (χ1) is 5.76. The van der Waals surface area contributed by atoms with Gasteiger partial charge in [0.1, 0.15) is 5.01 Å². The molecule has 0 aliphatic heterocycles. The third-order valence-corrected chi connectivity index (χ3v) is 2.07. The Labute approximate surface area is 74.0 Å². The van der Waals surface area contributed by atoms with E-state index in [1.165, 1.54) is 11.3 Å². The predicted molar refractivity (Wildman–Crippen MR) is 46.7 cm³/mol. The lowest BCUT2D eigenvalue weighted by molar-refractivity contribution is -0.115. The van der Waals surface area contributed by atoms with E-state index in [-0.39, 0.29) is 5.91 Å². The topological polar surface area (TPSA) is 80.9 Å². The molecule has 0 fully saturated rings. The first-order valence-electron chi connectivity index (χ1n) is 3.58. The van der Waals surface area contributed by atoms with Crippen molar-refractivity contribution in [2.24, 2.45) is 5.73 Å². The maximum Gasteiger partial charge on any atom is 0.225 e. The standard InChI is InChI=1S/C6H10N4OS/c1-2-4(11)8-6-10-9-5(3-7)12-6/h2-3,7H2,1H3,(H,8,10,11). The minimum Gasteiger partial charge on any atom is -0.324 e.